The lowest BCUT2D eigenvalue weighted by atomic mass is 9.93. The first kappa shape index (κ1) is 19.5. The number of H-pyrrole nitrogens is 1. The van der Waals surface area contributed by atoms with E-state index in [1.54, 1.807) is 18.3 Å². The van der Waals surface area contributed by atoms with Crippen molar-refractivity contribution >= 4 is 27.8 Å². The van der Waals surface area contributed by atoms with Gasteiger partial charge in [0.1, 0.15) is 5.69 Å². The predicted octanol–water partition coefficient (Wildman–Crippen LogP) is 5.15. The second-order valence-electron chi connectivity index (χ2n) is 7.80. The number of fused-ring (bicyclic) bond motifs is 2. The number of nitrogens with zero attached hydrogens (tertiary/aromatic N) is 3. The van der Waals surface area contributed by atoms with Crippen molar-refractivity contribution in [3.63, 3.8) is 0 Å². The van der Waals surface area contributed by atoms with Gasteiger partial charge in [-0.05, 0) is 43.2 Å². The first-order valence-corrected chi connectivity index (χ1v) is 10.1. The maximum absolute atomic E-state index is 13.1. The number of aromatic nitrogens is 3. The van der Waals surface area contributed by atoms with Crippen LogP contribution < -0.4 is 0 Å². The Morgan fingerprint density at radius 3 is 2.61 bits per heavy atom. The molecule has 0 bridgehead atoms. The number of nitrogens with one attached hydrogen (secondary N) is 1. The van der Waals surface area contributed by atoms with Crippen molar-refractivity contribution in [3.8, 4) is 0 Å². The number of pyridine rings is 2. The van der Waals surface area contributed by atoms with Gasteiger partial charge in [-0.2, -0.15) is 13.2 Å². The molecule has 5 nitrogen and oxygen atoms in total. The zero-order valence-corrected chi connectivity index (χ0v) is 16.5. The van der Waals surface area contributed by atoms with E-state index in [4.69, 9.17) is 0 Å². The summed E-state index contributed by atoms with van der Waals surface area (Å²) in [6, 6.07) is 13.5. The number of amides is 1. The monoisotopic (exact) mass is 424 g/mol. The van der Waals surface area contributed by atoms with Crippen LogP contribution >= 0.6 is 0 Å². The summed E-state index contributed by atoms with van der Waals surface area (Å²) in [4.78, 5) is 26.2. The van der Waals surface area contributed by atoms with E-state index < -0.39 is 11.9 Å². The summed E-state index contributed by atoms with van der Waals surface area (Å²) < 4.78 is 38.8. The van der Waals surface area contributed by atoms with E-state index in [1.807, 2.05) is 29.2 Å². The van der Waals surface area contributed by atoms with Crippen LogP contribution in [0, 0.1) is 0 Å². The standard InChI is InChI=1S/C23H19F3N4O/c24-23(25,26)20-7-6-17-19(29-20)13-18(28-17)14-8-11-30(12-9-14)22(31)16-5-1-3-15-4-2-10-27-21(15)16/h1-7,10,13-14,28H,8-9,11-12H2. The molecule has 0 radical (unpaired) electrons. The summed E-state index contributed by atoms with van der Waals surface area (Å²) in [7, 11) is 0. The van der Waals surface area contributed by atoms with Gasteiger partial charge in [0.15, 0.2) is 0 Å². The van der Waals surface area contributed by atoms with Gasteiger partial charge in [-0.25, -0.2) is 4.98 Å². The van der Waals surface area contributed by atoms with Gasteiger partial charge < -0.3 is 9.88 Å². The summed E-state index contributed by atoms with van der Waals surface area (Å²) in [5, 5.41) is 0.923. The number of carbonyl (C=O) groups is 1. The number of alkyl halides is 3. The number of benzene rings is 1. The second-order valence-corrected chi connectivity index (χ2v) is 7.80. The highest BCUT2D eigenvalue weighted by molar-refractivity contribution is 6.05. The zero-order chi connectivity index (χ0) is 21.6. The average molecular weight is 424 g/mol. The largest absolute Gasteiger partial charge is 0.433 e. The van der Waals surface area contributed by atoms with Crippen molar-refractivity contribution < 1.29 is 18.0 Å². The van der Waals surface area contributed by atoms with Crippen LogP contribution in [0.25, 0.3) is 21.9 Å². The molecule has 3 aromatic heterocycles. The summed E-state index contributed by atoms with van der Waals surface area (Å²) >= 11 is 0. The Hall–Kier alpha value is -3.42. The molecule has 1 fully saturated rings. The number of piperidine rings is 1. The minimum absolute atomic E-state index is 0.0455. The van der Waals surface area contributed by atoms with Crippen LogP contribution in [0.15, 0.2) is 54.7 Å². The molecule has 1 aromatic carbocycles. The van der Waals surface area contributed by atoms with Gasteiger partial charge in [-0.3, -0.25) is 9.78 Å². The Kier molecular flexibility index (Phi) is 4.64. The number of hydrogen-bond acceptors (Lipinski definition) is 3. The topological polar surface area (TPSA) is 61.9 Å². The molecule has 1 N–H and O–H groups in total. The van der Waals surface area contributed by atoms with Crippen molar-refractivity contribution in [3.05, 3.63) is 71.7 Å². The Morgan fingerprint density at radius 1 is 1.06 bits per heavy atom. The second kappa shape index (κ2) is 7.37. The quantitative estimate of drug-likeness (QED) is 0.484. The van der Waals surface area contributed by atoms with Gasteiger partial charge in [0.05, 0.1) is 22.1 Å². The van der Waals surface area contributed by atoms with E-state index in [-0.39, 0.29) is 11.8 Å². The molecule has 1 saturated heterocycles. The van der Waals surface area contributed by atoms with Gasteiger partial charge >= 0.3 is 6.18 Å². The molecule has 5 rings (SSSR count). The van der Waals surface area contributed by atoms with Crippen LogP contribution in [0.4, 0.5) is 13.2 Å². The highest BCUT2D eigenvalue weighted by atomic mass is 19.4. The molecule has 0 unspecified atom stereocenters. The molecule has 31 heavy (non-hydrogen) atoms. The van der Waals surface area contributed by atoms with Gasteiger partial charge in [-0.1, -0.05) is 18.2 Å². The molecular weight excluding hydrogens is 405 g/mol. The SMILES string of the molecule is O=C(c1cccc2cccnc12)N1CCC(c2cc3nc(C(F)(F)F)ccc3[nH]2)CC1. The molecule has 158 valence electrons. The third-order valence-corrected chi connectivity index (χ3v) is 5.87. The first-order valence-electron chi connectivity index (χ1n) is 10.1. The lowest BCUT2D eigenvalue weighted by Crippen LogP contribution is -2.38. The maximum atomic E-state index is 13.1. The summed E-state index contributed by atoms with van der Waals surface area (Å²) in [6.45, 7) is 1.15. The number of aromatic amines is 1. The van der Waals surface area contributed by atoms with E-state index in [9.17, 15) is 18.0 Å². The molecule has 1 aliphatic heterocycles. The number of halogens is 3. The molecule has 0 atom stereocenters. The Bertz CT molecular complexity index is 1270. The minimum atomic E-state index is -4.46. The summed E-state index contributed by atoms with van der Waals surface area (Å²) in [5.74, 6) is 0.0918. The molecule has 8 heteroatoms. The number of likely N-dealkylation sites (tertiary alicyclic amines) is 1. The number of para-hydroxylation sites is 1. The molecule has 1 amide bonds. The van der Waals surface area contributed by atoms with Crippen LogP contribution in [0.3, 0.4) is 0 Å². The number of rotatable bonds is 2. The lowest BCUT2D eigenvalue weighted by molar-refractivity contribution is -0.140. The van der Waals surface area contributed by atoms with Crippen LogP contribution in [-0.4, -0.2) is 38.8 Å². The average Bonchev–Trinajstić information content (AvgIpc) is 3.21. The molecular formula is C23H19F3N4O. The van der Waals surface area contributed by atoms with Gasteiger partial charge in [0.25, 0.3) is 5.91 Å². The fourth-order valence-electron chi connectivity index (χ4n) is 4.25. The lowest BCUT2D eigenvalue weighted by Gasteiger charge is -2.31. The number of hydrogen-bond donors (Lipinski definition) is 1. The van der Waals surface area contributed by atoms with Gasteiger partial charge in [0.2, 0.25) is 0 Å². The van der Waals surface area contributed by atoms with E-state index >= 15 is 0 Å². The van der Waals surface area contributed by atoms with E-state index in [0.717, 1.165) is 30.0 Å². The highest BCUT2D eigenvalue weighted by Gasteiger charge is 2.33. The fraction of sp³-hybridized carbons (Fsp3) is 0.261. The third-order valence-electron chi connectivity index (χ3n) is 5.87. The first-order chi connectivity index (χ1) is 14.9. The number of carbonyl (C=O) groups excluding carboxylic acids is 1. The normalized spacial score (nSPS) is 15.6. The van der Waals surface area contributed by atoms with Crippen LogP contribution in [0.5, 0.6) is 0 Å². The Morgan fingerprint density at radius 2 is 1.84 bits per heavy atom. The van der Waals surface area contributed by atoms with E-state index in [1.165, 1.54) is 6.07 Å². The molecule has 4 aromatic rings. The van der Waals surface area contributed by atoms with Crippen LogP contribution in [0.1, 0.15) is 40.5 Å². The summed E-state index contributed by atoms with van der Waals surface area (Å²) in [6.07, 6.45) is -1.33. The Labute approximate surface area is 175 Å². The van der Waals surface area contributed by atoms with Crippen molar-refractivity contribution in [1.82, 2.24) is 19.9 Å². The van der Waals surface area contributed by atoms with Crippen molar-refractivity contribution in [2.24, 2.45) is 0 Å². The highest BCUT2D eigenvalue weighted by Crippen LogP contribution is 2.33. The van der Waals surface area contributed by atoms with Crippen LogP contribution in [-0.2, 0) is 6.18 Å². The molecule has 0 saturated carbocycles. The maximum Gasteiger partial charge on any atom is 0.433 e. The fourth-order valence-corrected chi connectivity index (χ4v) is 4.25. The van der Waals surface area contributed by atoms with Crippen molar-refractivity contribution in [2.45, 2.75) is 24.9 Å². The van der Waals surface area contributed by atoms with Crippen molar-refractivity contribution in [2.75, 3.05) is 13.1 Å². The van der Waals surface area contributed by atoms with Crippen LogP contribution in [0.2, 0.25) is 0 Å². The van der Waals surface area contributed by atoms with Gasteiger partial charge in [-0.15, -0.1) is 0 Å². The third kappa shape index (κ3) is 3.62. The van der Waals surface area contributed by atoms with E-state index in [0.29, 0.717) is 35.2 Å². The Balaban J connectivity index is 1.32. The molecule has 0 aliphatic carbocycles. The van der Waals surface area contributed by atoms with Crippen molar-refractivity contribution in [1.29, 1.82) is 0 Å². The smallest absolute Gasteiger partial charge is 0.357 e. The zero-order valence-electron chi connectivity index (χ0n) is 16.5. The summed E-state index contributed by atoms with van der Waals surface area (Å²) in [5.41, 5.74) is 2.15. The van der Waals surface area contributed by atoms with Gasteiger partial charge in [0, 0.05) is 36.3 Å². The minimum Gasteiger partial charge on any atom is -0.357 e. The molecule has 4 heterocycles. The predicted molar refractivity (Wildman–Crippen MR) is 111 cm³/mol. The molecule has 0 spiro atoms. The van der Waals surface area contributed by atoms with E-state index in [2.05, 4.69) is 15.0 Å². The molecule has 1 aliphatic rings.